The van der Waals surface area contributed by atoms with Gasteiger partial charge in [0.05, 0.1) is 17.9 Å². The first kappa shape index (κ1) is 17.9. The third-order valence-electron chi connectivity index (χ3n) is 4.13. The van der Waals surface area contributed by atoms with E-state index in [-0.39, 0.29) is 6.61 Å². The Hall–Kier alpha value is -2.90. The Labute approximate surface area is 145 Å². The second-order valence-corrected chi connectivity index (χ2v) is 5.80. The van der Waals surface area contributed by atoms with Gasteiger partial charge in [0.2, 0.25) is 5.91 Å². The van der Waals surface area contributed by atoms with Crippen LogP contribution in [-0.4, -0.2) is 18.5 Å². The van der Waals surface area contributed by atoms with Gasteiger partial charge in [0, 0.05) is 5.92 Å². The molecular weight excluding hydrogens is 354 g/mol. The van der Waals surface area contributed by atoms with E-state index in [4.69, 9.17) is 4.74 Å². The lowest BCUT2D eigenvalue weighted by Crippen LogP contribution is -2.31. The molecule has 2 aromatic rings. The van der Waals surface area contributed by atoms with Crippen LogP contribution in [0.4, 0.5) is 23.2 Å². The number of cyclic esters (lactones) is 1. The van der Waals surface area contributed by atoms with Crippen molar-refractivity contribution in [2.45, 2.75) is 12.1 Å². The number of anilines is 1. The molecule has 0 radical (unpaired) electrons. The molecule has 1 aliphatic heterocycles. The molecule has 8 heteroatoms. The lowest BCUT2D eigenvalue weighted by atomic mass is 9.88. The van der Waals surface area contributed by atoms with Crippen LogP contribution in [0.1, 0.15) is 17.0 Å². The summed E-state index contributed by atoms with van der Waals surface area (Å²) < 4.78 is 57.1. The zero-order valence-corrected chi connectivity index (χ0v) is 13.2. The van der Waals surface area contributed by atoms with Crippen LogP contribution < -0.4 is 5.32 Å². The minimum Gasteiger partial charge on any atom is -0.464 e. The Kier molecular flexibility index (Phi) is 4.67. The van der Waals surface area contributed by atoms with E-state index in [0.29, 0.717) is 5.56 Å². The summed E-state index contributed by atoms with van der Waals surface area (Å²) in [5, 5.41) is 2.17. The summed E-state index contributed by atoms with van der Waals surface area (Å²) in [6.07, 6.45) is -4.66. The molecule has 2 aromatic carbocycles. The number of carbonyl (C=O) groups excluding carboxylic acids is 2. The molecule has 136 valence electrons. The molecule has 1 saturated heterocycles. The molecule has 2 atom stereocenters. The SMILES string of the molecule is O=C(Nc1ccccc1C(F)(F)F)[C@H]1C(=O)OC[C@H]1c1ccc(F)cc1. The molecular formula is C18H13F4NO3. The summed E-state index contributed by atoms with van der Waals surface area (Å²) in [5.74, 6) is -4.25. The molecule has 0 unspecified atom stereocenters. The van der Waals surface area contributed by atoms with Gasteiger partial charge in [-0.2, -0.15) is 13.2 Å². The van der Waals surface area contributed by atoms with Crippen molar-refractivity contribution in [2.75, 3.05) is 11.9 Å². The molecule has 1 N–H and O–H groups in total. The third kappa shape index (κ3) is 3.54. The average Bonchev–Trinajstić information content (AvgIpc) is 2.97. The lowest BCUT2D eigenvalue weighted by molar-refractivity contribution is -0.144. The zero-order chi connectivity index (χ0) is 18.9. The largest absolute Gasteiger partial charge is 0.464 e. The predicted octanol–water partition coefficient (Wildman–Crippen LogP) is 3.74. The van der Waals surface area contributed by atoms with Gasteiger partial charge >= 0.3 is 12.1 Å². The minimum absolute atomic E-state index is 0.108. The number of amides is 1. The summed E-state index contributed by atoms with van der Waals surface area (Å²) in [4.78, 5) is 24.5. The molecule has 0 aliphatic carbocycles. The van der Waals surface area contributed by atoms with Crippen molar-refractivity contribution in [3.63, 3.8) is 0 Å². The van der Waals surface area contributed by atoms with Gasteiger partial charge in [-0.15, -0.1) is 0 Å². The Morgan fingerprint density at radius 3 is 2.38 bits per heavy atom. The molecule has 0 spiro atoms. The molecule has 4 nitrogen and oxygen atoms in total. The maximum atomic E-state index is 13.1. The summed E-state index contributed by atoms with van der Waals surface area (Å²) in [6, 6.07) is 9.64. The molecule has 0 bridgehead atoms. The Morgan fingerprint density at radius 1 is 1.08 bits per heavy atom. The number of esters is 1. The van der Waals surface area contributed by atoms with E-state index < -0.39 is 47.0 Å². The van der Waals surface area contributed by atoms with E-state index in [1.54, 1.807) is 0 Å². The normalized spacial score (nSPS) is 19.9. The van der Waals surface area contributed by atoms with Crippen molar-refractivity contribution >= 4 is 17.6 Å². The van der Waals surface area contributed by atoms with Crippen LogP contribution in [0.3, 0.4) is 0 Å². The van der Waals surface area contributed by atoms with Crippen molar-refractivity contribution in [2.24, 2.45) is 5.92 Å². The molecule has 0 saturated carbocycles. The average molecular weight is 367 g/mol. The van der Waals surface area contributed by atoms with Gasteiger partial charge in [0.15, 0.2) is 0 Å². The number of hydrogen-bond acceptors (Lipinski definition) is 3. The summed E-state index contributed by atoms with van der Waals surface area (Å²) in [7, 11) is 0. The van der Waals surface area contributed by atoms with Gasteiger partial charge in [-0.1, -0.05) is 24.3 Å². The monoisotopic (exact) mass is 367 g/mol. The second kappa shape index (κ2) is 6.78. The fourth-order valence-electron chi connectivity index (χ4n) is 2.86. The first-order valence-corrected chi connectivity index (χ1v) is 7.66. The van der Waals surface area contributed by atoms with E-state index >= 15 is 0 Å². The Morgan fingerprint density at radius 2 is 1.73 bits per heavy atom. The predicted molar refractivity (Wildman–Crippen MR) is 83.7 cm³/mol. The van der Waals surface area contributed by atoms with Crippen LogP contribution in [-0.2, 0) is 20.5 Å². The Balaban J connectivity index is 1.87. The second-order valence-electron chi connectivity index (χ2n) is 5.80. The number of halogens is 4. The van der Waals surface area contributed by atoms with Gasteiger partial charge in [-0.3, -0.25) is 9.59 Å². The van der Waals surface area contributed by atoms with Gasteiger partial charge in [-0.25, -0.2) is 4.39 Å². The lowest BCUT2D eigenvalue weighted by Gasteiger charge is -2.18. The van der Waals surface area contributed by atoms with E-state index in [1.165, 1.54) is 36.4 Å². The fraction of sp³-hybridized carbons (Fsp3) is 0.222. The first-order chi connectivity index (χ1) is 12.3. The number of nitrogens with one attached hydrogen (secondary N) is 1. The van der Waals surface area contributed by atoms with Gasteiger partial charge < -0.3 is 10.1 Å². The van der Waals surface area contributed by atoms with Gasteiger partial charge in [0.1, 0.15) is 11.7 Å². The molecule has 1 aliphatic rings. The highest BCUT2D eigenvalue weighted by atomic mass is 19.4. The van der Waals surface area contributed by atoms with Crippen molar-refractivity contribution in [3.8, 4) is 0 Å². The molecule has 1 fully saturated rings. The number of carbonyl (C=O) groups is 2. The Bertz CT molecular complexity index is 833. The number of ether oxygens (including phenoxy) is 1. The van der Waals surface area contributed by atoms with Crippen molar-refractivity contribution in [1.82, 2.24) is 0 Å². The molecule has 1 amide bonds. The summed E-state index contributed by atoms with van der Waals surface area (Å²) >= 11 is 0. The highest BCUT2D eigenvalue weighted by molar-refractivity contribution is 6.06. The van der Waals surface area contributed by atoms with E-state index in [0.717, 1.165) is 12.1 Å². The third-order valence-corrected chi connectivity index (χ3v) is 4.13. The number of para-hydroxylation sites is 1. The van der Waals surface area contributed by atoms with Crippen molar-refractivity contribution in [1.29, 1.82) is 0 Å². The summed E-state index contributed by atoms with van der Waals surface area (Å²) in [5.41, 5.74) is -0.970. The smallest absolute Gasteiger partial charge is 0.418 e. The minimum atomic E-state index is -4.66. The number of benzene rings is 2. The number of alkyl halides is 3. The maximum absolute atomic E-state index is 13.1. The van der Waals surface area contributed by atoms with E-state index in [1.807, 2.05) is 0 Å². The van der Waals surface area contributed by atoms with Crippen LogP contribution in [0.15, 0.2) is 48.5 Å². The van der Waals surface area contributed by atoms with Crippen molar-refractivity contribution in [3.05, 3.63) is 65.5 Å². The molecule has 26 heavy (non-hydrogen) atoms. The van der Waals surface area contributed by atoms with Crippen LogP contribution in [0, 0.1) is 11.7 Å². The maximum Gasteiger partial charge on any atom is 0.418 e. The van der Waals surface area contributed by atoms with E-state index in [9.17, 15) is 27.2 Å². The van der Waals surface area contributed by atoms with Crippen LogP contribution in [0.25, 0.3) is 0 Å². The van der Waals surface area contributed by atoms with Crippen LogP contribution in [0.5, 0.6) is 0 Å². The van der Waals surface area contributed by atoms with Gasteiger partial charge in [0.25, 0.3) is 0 Å². The summed E-state index contributed by atoms with van der Waals surface area (Å²) in [6.45, 7) is -0.108. The molecule has 3 rings (SSSR count). The topological polar surface area (TPSA) is 55.4 Å². The van der Waals surface area contributed by atoms with E-state index in [2.05, 4.69) is 5.32 Å². The van der Waals surface area contributed by atoms with Crippen LogP contribution >= 0.6 is 0 Å². The highest BCUT2D eigenvalue weighted by Gasteiger charge is 2.44. The highest BCUT2D eigenvalue weighted by Crippen LogP contribution is 2.37. The zero-order valence-electron chi connectivity index (χ0n) is 13.2. The number of rotatable bonds is 3. The standard InChI is InChI=1S/C18H13F4NO3/c19-11-7-5-10(6-8-11)12-9-26-17(25)15(12)16(24)23-14-4-2-1-3-13(14)18(20,21)22/h1-8,12,15H,9H2,(H,23,24)/t12-,15-/m0/s1. The van der Waals surface area contributed by atoms with Crippen LogP contribution in [0.2, 0.25) is 0 Å². The number of hydrogen-bond donors (Lipinski definition) is 1. The van der Waals surface area contributed by atoms with Crippen molar-refractivity contribution < 1.29 is 31.9 Å². The fourth-order valence-corrected chi connectivity index (χ4v) is 2.86. The molecule has 0 aromatic heterocycles. The molecule has 1 heterocycles. The van der Waals surface area contributed by atoms with Gasteiger partial charge in [-0.05, 0) is 29.8 Å². The quantitative estimate of drug-likeness (QED) is 0.511. The first-order valence-electron chi connectivity index (χ1n) is 7.66.